The average molecular weight is 433 g/mol. The molecule has 2 aliphatic rings. The van der Waals surface area contributed by atoms with Gasteiger partial charge in [-0.1, -0.05) is 31.0 Å². The van der Waals surface area contributed by atoms with E-state index in [0.29, 0.717) is 18.6 Å². The van der Waals surface area contributed by atoms with Crippen LogP contribution in [0, 0.1) is 11.8 Å². The summed E-state index contributed by atoms with van der Waals surface area (Å²) in [6, 6.07) is 12.6. The van der Waals surface area contributed by atoms with Crippen molar-refractivity contribution in [2.24, 2.45) is 11.8 Å². The van der Waals surface area contributed by atoms with Crippen molar-refractivity contribution in [3.05, 3.63) is 60.6 Å². The van der Waals surface area contributed by atoms with Gasteiger partial charge < -0.3 is 15.0 Å². The van der Waals surface area contributed by atoms with E-state index in [4.69, 9.17) is 4.74 Å². The number of nitrogens with one attached hydrogen (secondary N) is 2. The minimum Gasteiger partial charge on any atom is -0.492 e. The zero-order chi connectivity index (χ0) is 21.8. The Balaban J connectivity index is 1.28. The van der Waals surface area contributed by atoms with Gasteiger partial charge in [0.1, 0.15) is 5.75 Å². The largest absolute Gasteiger partial charge is 0.492 e. The molecule has 6 heteroatoms. The normalized spacial score (nSPS) is 22.2. The fourth-order valence-corrected chi connectivity index (χ4v) is 5.28. The third-order valence-electron chi connectivity index (χ3n) is 6.87. The van der Waals surface area contributed by atoms with Crippen LogP contribution in [0.1, 0.15) is 37.7 Å². The molecule has 2 atom stereocenters. The van der Waals surface area contributed by atoms with E-state index in [0.717, 1.165) is 50.2 Å². The van der Waals surface area contributed by atoms with E-state index < -0.39 is 0 Å². The second-order valence-electron chi connectivity index (χ2n) is 9.34. The first kappa shape index (κ1) is 21.0. The monoisotopic (exact) mass is 432 g/mol. The first-order chi connectivity index (χ1) is 15.7. The van der Waals surface area contributed by atoms with Crippen molar-refractivity contribution in [3.8, 4) is 5.75 Å². The molecule has 1 aromatic carbocycles. The second kappa shape index (κ2) is 9.74. The molecule has 1 amide bonds. The SMILES string of the molecule is O=C(NC1CCCC1)[C@@H]1C[C@H](COc2cccnc2)CN(Cc2c[nH]c3ccccc23)C1. The summed E-state index contributed by atoms with van der Waals surface area (Å²) in [4.78, 5) is 23.1. The van der Waals surface area contributed by atoms with Crippen LogP contribution in [0.5, 0.6) is 5.75 Å². The number of H-pyrrole nitrogens is 1. The molecule has 6 nitrogen and oxygen atoms in total. The Kier molecular flexibility index (Phi) is 6.39. The number of piperidine rings is 1. The number of hydrogen-bond donors (Lipinski definition) is 2. The number of nitrogens with zero attached hydrogens (tertiary/aromatic N) is 2. The molecule has 1 saturated heterocycles. The van der Waals surface area contributed by atoms with Crippen molar-refractivity contribution in [2.45, 2.75) is 44.7 Å². The van der Waals surface area contributed by atoms with Crippen LogP contribution in [0.3, 0.4) is 0 Å². The van der Waals surface area contributed by atoms with E-state index >= 15 is 0 Å². The molecule has 1 aliphatic carbocycles. The fourth-order valence-electron chi connectivity index (χ4n) is 5.28. The third kappa shape index (κ3) is 4.96. The molecule has 5 rings (SSSR count). The number of hydrogen-bond acceptors (Lipinski definition) is 4. The number of aromatic amines is 1. The summed E-state index contributed by atoms with van der Waals surface area (Å²) in [5, 5.41) is 4.59. The molecule has 2 aromatic heterocycles. The Morgan fingerprint density at radius 2 is 2.03 bits per heavy atom. The van der Waals surface area contributed by atoms with E-state index in [9.17, 15) is 4.79 Å². The third-order valence-corrected chi connectivity index (χ3v) is 6.87. The molecule has 0 radical (unpaired) electrons. The molecule has 168 valence electrons. The molecule has 0 spiro atoms. The van der Waals surface area contributed by atoms with Crippen molar-refractivity contribution in [1.29, 1.82) is 0 Å². The number of carbonyl (C=O) groups excluding carboxylic acids is 1. The summed E-state index contributed by atoms with van der Waals surface area (Å²) >= 11 is 0. The van der Waals surface area contributed by atoms with Gasteiger partial charge in [-0.25, -0.2) is 0 Å². The predicted molar refractivity (Wildman–Crippen MR) is 125 cm³/mol. The zero-order valence-electron chi connectivity index (χ0n) is 18.5. The molecule has 2 fully saturated rings. The van der Waals surface area contributed by atoms with Crippen LogP contribution in [0.2, 0.25) is 0 Å². The zero-order valence-corrected chi connectivity index (χ0v) is 18.5. The number of amides is 1. The van der Waals surface area contributed by atoms with Crippen LogP contribution >= 0.6 is 0 Å². The second-order valence-corrected chi connectivity index (χ2v) is 9.34. The first-order valence-corrected chi connectivity index (χ1v) is 11.8. The lowest BCUT2D eigenvalue weighted by Crippen LogP contribution is -2.48. The van der Waals surface area contributed by atoms with Gasteiger partial charge in [0.25, 0.3) is 0 Å². The highest BCUT2D eigenvalue weighted by Gasteiger charge is 2.33. The number of benzene rings is 1. The summed E-state index contributed by atoms with van der Waals surface area (Å²) in [6.07, 6.45) is 11.2. The highest BCUT2D eigenvalue weighted by Crippen LogP contribution is 2.28. The van der Waals surface area contributed by atoms with Gasteiger partial charge in [-0.05, 0) is 43.0 Å². The van der Waals surface area contributed by atoms with Crippen molar-refractivity contribution in [1.82, 2.24) is 20.2 Å². The van der Waals surface area contributed by atoms with E-state index in [-0.39, 0.29) is 11.8 Å². The molecule has 0 bridgehead atoms. The van der Waals surface area contributed by atoms with Crippen LogP contribution in [0.25, 0.3) is 10.9 Å². The molecule has 0 unspecified atom stereocenters. The van der Waals surface area contributed by atoms with Gasteiger partial charge in [0.05, 0.1) is 18.7 Å². The fraction of sp³-hybridized carbons (Fsp3) is 0.462. The van der Waals surface area contributed by atoms with E-state index in [1.54, 1.807) is 12.4 Å². The lowest BCUT2D eigenvalue weighted by Gasteiger charge is -2.37. The molecular weight excluding hydrogens is 400 g/mol. The van der Waals surface area contributed by atoms with E-state index in [1.165, 1.54) is 23.8 Å². The van der Waals surface area contributed by atoms with Gasteiger partial charge in [0, 0.05) is 54.9 Å². The maximum absolute atomic E-state index is 13.1. The first-order valence-electron chi connectivity index (χ1n) is 11.8. The Morgan fingerprint density at radius 3 is 2.88 bits per heavy atom. The summed E-state index contributed by atoms with van der Waals surface area (Å²) in [5.41, 5.74) is 2.44. The van der Waals surface area contributed by atoms with Crippen LogP contribution in [0.15, 0.2) is 55.0 Å². The van der Waals surface area contributed by atoms with Crippen molar-refractivity contribution in [3.63, 3.8) is 0 Å². The Bertz CT molecular complexity index is 1030. The number of likely N-dealkylation sites (tertiary alicyclic amines) is 1. The van der Waals surface area contributed by atoms with Gasteiger partial charge in [-0.15, -0.1) is 0 Å². The van der Waals surface area contributed by atoms with Gasteiger partial charge in [-0.3, -0.25) is 14.7 Å². The Labute approximate surface area is 189 Å². The van der Waals surface area contributed by atoms with Crippen LogP contribution in [0.4, 0.5) is 0 Å². The Hall–Kier alpha value is -2.86. The number of ether oxygens (including phenoxy) is 1. The summed E-state index contributed by atoms with van der Waals surface area (Å²) < 4.78 is 6.03. The van der Waals surface area contributed by atoms with E-state index in [2.05, 4.69) is 50.6 Å². The van der Waals surface area contributed by atoms with Gasteiger partial charge in [-0.2, -0.15) is 0 Å². The van der Waals surface area contributed by atoms with Crippen LogP contribution in [-0.4, -0.2) is 46.5 Å². The number of aromatic nitrogens is 2. The maximum Gasteiger partial charge on any atom is 0.224 e. The summed E-state index contributed by atoms with van der Waals surface area (Å²) in [6.45, 7) is 3.15. The molecular formula is C26H32N4O2. The number of para-hydroxylation sites is 1. The molecule has 2 N–H and O–H groups in total. The number of pyridine rings is 1. The van der Waals surface area contributed by atoms with Crippen molar-refractivity contribution < 1.29 is 9.53 Å². The summed E-state index contributed by atoms with van der Waals surface area (Å²) in [5.74, 6) is 1.30. The predicted octanol–water partition coefficient (Wildman–Crippen LogP) is 4.14. The highest BCUT2D eigenvalue weighted by atomic mass is 16.5. The lowest BCUT2D eigenvalue weighted by molar-refractivity contribution is -0.128. The van der Waals surface area contributed by atoms with E-state index in [1.807, 2.05) is 12.1 Å². The quantitative estimate of drug-likeness (QED) is 0.589. The van der Waals surface area contributed by atoms with Crippen molar-refractivity contribution >= 4 is 16.8 Å². The van der Waals surface area contributed by atoms with Gasteiger partial charge >= 0.3 is 0 Å². The van der Waals surface area contributed by atoms with Crippen molar-refractivity contribution in [2.75, 3.05) is 19.7 Å². The topological polar surface area (TPSA) is 70.2 Å². The minimum atomic E-state index is -0.00273. The van der Waals surface area contributed by atoms with Gasteiger partial charge in [0.15, 0.2) is 0 Å². The molecule has 3 aromatic rings. The standard InChI is InChI=1S/C26H32N4O2/c31-26(29-22-6-1-2-7-22)20-12-19(18-32-23-8-5-11-27-14-23)15-30(16-20)17-21-13-28-25-10-4-3-9-24(21)25/h3-5,8-11,13-14,19-20,22,28H,1-2,6-7,12,15-18H2,(H,29,31)/t19-,20+/m0/s1. The number of fused-ring (bicyclic) bond motifs is 1. The van der Waals surface area contributed by atoms with Crippen LogP contribution in [-0.2, 0) is 11.3 Å². The number of carbonyl (C=O) groups is 1. The van der Waals surface area contributed by atoms with Crippen LogP contribution < -0.4 is 10.1 Å². The number of rotatable bonds is 7. The maximum atomic E-state index is 13.1. The molecule has 3 heterocycles. The average Bonchev–Trinajstić information content (AvgIpc) is 3.49. The molecule has 32 heavy (non-hydrogen) atoms. The highest BCUT2D eigenvalue weighted by molar-refractivity contribution is 5.83. The molecule has 1 aliphatic heterocycles. The smallest absolute Gasteiger partial charge is 0.224 e. The minimum absolute atomic E-state index is 0.00273. The lowest BCUT2D eigenvalue weighted by atomic mass is 9.88. The van der Waals surface area contributed by atoms with Gasteiger partial charge in [0.2, 0.25) is 5.91 Å². The summed E-state index contributed by atoms with van der Waals surface area (Å²) in [7, 11) is 0. The molecule has 1 saturated carbocycles. The Morgan fingerprint density at radius 1 is 1.16 bits per heavy atom.